The molecule has 2 N–H and O–H groups in total. The highest BCUT2D eigenvalue weighted by Crippen LogP contribution is 2.12. The minimum atomic E-state index is -3.03. The lowest BCUT2D eigenvalue weighted by Gasteiger charge is -2.26. The fourth-order valence-corrected chi connectivity index (χ4v) is 4.56. The molecule has 3 rings (SSSR count). The summed E-state index contributed by atoms with van der Waals surface area (Å²) < 4.78 is 28.2. The second kappa shape index (κ2) is 8.07. The van der Waals surface area contributed by atoms with Crippen LogP contribution in [0.25, 0.3) is 0 Å². The highest BCUT2D eigenvalue weighted by molar-refractivity contribution is 7.91. The molecule has 0 bridgehead atoms. The minimum absolute atomic E-state index is 0.00548. The van der Waals surface area contributed by atoms with E-state index in [2.05, 4.69) is 25.5 Å². The van der Waals surface area contributed by atoms with Crippen LogP contribution in [0.1, 0.15) is 16.9 Å². The molecule has 9 nitrogen and oxygen atoms in total. The zero-order valence-electron chi connectivity index (χ0n) is 14.0. The number of hydrogen-bond donors (Lipinski definition) is 2. The van der Waals surface area contributed by atoms with Crippen LogP contribution in [0.3, 0.4) is 0 Å². The van der Waals surface area contributed by atoms with Crippen LogP contribution < -0.4 is 10.6 Å². The zero-order chi connectivity index (χ0) is 17.7. The van der Waals surface area contributed by atoms with Gasteiger partial charge in [-0.25, -0.2) is 18.4 Å². The largest absolute Gasteiger partial charge is 0.379 e. The second-order valence-corrected chi connectivity index (χ2v) is 8.45. The summed E-state index contributed by atoms with van der Waals surface area (Å²) in [5.74, 6) is 0.130. The second-order valence-electron chi connectivity index (χ2n) is 6.22. The van der Waals surface area contributed by atoms with Crippen molar-refractivity contribution in [3.63, 3.8) is 0 Å². The average molecular weight is 369 g/mol. The summed E-state index contributed by atoms with van der Waals surface area (Å²) in [5, 5.41) is 5.84. The van der Waals surface area contributed by atoms with Gasteiger partial charge in [0.15, 0.2) is 9.84 Å². The van der Waals surface area contributed by atoms with E-state index >= 15 is 0 Å². The molecule has 0 saturated carbocycles. The number of morpholine rings is 1. The number of ether oxygens (including phenoxy) is 1. The molecule has 10 heteroatoms. The van der Waals surface area contributed by atoms with E-state index in [9.17, 15) is 13.2 Å². The Morgan fingerprint density at radius 1 is 1.36 bits per heavy atom. The van der Waals surface area contributed by atoms with Crippen molar-refractivity contribution < 1.29 is 17.9 Å². The molecule has 0 radical (unpaired) electrons. The Balaban J connectivity index is 1.49. The molecule has 2 aliphatic heterocycles. The molecule has 25 heavy (non-hydrogen) atoms. The third kappa shape index (κ3) is 5.35. The molecule has 0 aromatic carbocycles. The van der Waals surface area contributed by atoms with Gasteiger partial charge in [-0.2, -0.15) is 0 Å². The molecule has 1 atom stereocenters. The van der Waals surface area contributed by atoms with Crippen molar-refractivity contribution in [3.05, 3.63) is 18.0 Å². The standard InChI is InChI=1S/C15H23N5O4S/c21-14(18-12-2-10-25(22,23)11-12)13-1-3-16-15(19-13)17-4-5-20-6-8-24-9-7-20/h1,3,12H,2,4-11H2,(H,18,21)(H,16,17,19). The minimum Gasteiger partial charge on any atom is -0.379 e. The van der Waals surface area contributed by atoms with Crippen molar-refractivity contribution in [2.45, 2.75) is 12.5 Å². The number of carbonyl (C=O) groups excluding carboxylic acids is 1. The quantitative estimate of drug-likeness (QED) is 0.666. The highest BCUT2D eigenvalue weighted by atomic mass is 32.2. The van der Waals surface area contributed by atoms with Crippen LogP contribution in [0, 0.1) is 0 Å². The van der Waals surface area contributed by atoms with Gasteiger partial charge in [0.1, 0.15) is 5.69 Å². The predicted molar refractivity (Wildman–Crippen MR) is 92.3 cm³/mol. The molecule has 3 heterocycles. The topological polar surface area (TPSA) is 114 Å². The monoisotopic (exact) mass is 369 g/mol. The molecular formula is C15H23N5O4S. The number of sulfone groups is 1. The van der Waals surface area contributed by atoms with Gasteiger partial charge in [0.25, 0.3) is 5.91 Å². The molecule has 0 aliphatic carbocycles. The average Bonchev–Trinajstić information content (AvgIpc) is 2.94. The van der Waals surface area contributed by atoms with E-state index in [0.717, 1.165) is 32.8 Å². The van der Waals surface area contributed by atoms with Gasteiger partial charge in [0, 0.05) is 38.4 Å². The Morgan fingerprint density at radius 3 is 2.88 bits per heavy atom. The fourth-order valence-electron chi connectivity index (χ4n) is 2.89. The highest BCUT2D eigenvalue weighted by Gasteiger charge is 2.29. The number of rotatable bonds is 6. The van der Waals surface area contributed by atoms with Gasteiger partial charge in [-0.1, -0.05) is 0 Å². The van der Waals surface area contributed by atoms with Crippen LogP contribution in [0.15, 0.2) is 12.3 Å². The zero-order valence-corrected chi connectivity index (χ0v) is 14.8. The van der Waals surface area contributed by atoms with Crippen molar-refractivity contribution in [1.29, 1.82) is 0 Å². The number of nitrogens with one attached hydrogen (secondary N) is 2. The summed E-state index contributed by atoms with van der Waals surface area (Å²) in [5.41, 5.74) is 0.230. The first-order valence-electron chi connectivity index (χ1n) is 8.40. The first-order chi connectivity index (χ1) is 12.0. The molecule has 1 aromatic heterocycles. The van der Waals surface area contributed by atoms with Gasteiger partial charge in [0.2, 0.25) is 5.95 Å². The SMILES string of the molecule is O=C(NC1CCS(=O)(=O)C1)c1ccnc(NCCN2CCOCC2)n1. The van der Waals surface area contributed by atoms with E-state index in [1.807, 2.05) is 0 Å². The first kappa shape index (κ1) is 18.0. The van der Waals surface area contributed by atoms with Gasteiger partial charge in [-0.05, 0) is 12.5 Å². The third-order valence-corrected chi connectivity index (χ3v) is 6.04. The Kier molecular flexibility index (Phi) is 5.82. The van der Waals surface area contributed by atoms with E-state index in [1.165, 1.54) is 12.3 Å². The number of aromatic nitrogens is 2. The van der Waals surface area contributed by atoms with Crippen LogP contribution in [-0.4, -0.2) is 86.1 Å². The smallest absolute Gasteiger partial charge is 0.270 e. The maximum absolute atomic E-state index is 12.2. The van der Waals surface area contributed by atoms with Gasteiger partial charge in [0.05, 0.1) is 24.7 Å². The van der Waals surface area contributed by atoms with Crippen LogP contribution in [0.2, 0.25) is 0 Å². The number of hydrogen-bond acceptors (Lipinski definition) is 8. The summed E-state index contributed by atoms with van der Waals surface area (Å²) >= 11 is 0. The van der Waals surface area contributed by atoms with Crippen molar-refractivity contribution >= 4 is 21.7 Å². The van der Waals surface area contributed by atoms with Crippen molar-refractivity contribution in [1.82, 2.24) is 20.2 Å². The van der Waals surface area contributed by atoms with Crippen LogP contribution in [0.4, 0.5) is 5.95 Å². The molecule has 1 unspecified atom stereocenters. The van der Waals surface area contributed by atoms with E-state index in [4.69, 9.17) is 4.74 Å². The molecule has 138 valence electrons. The summed E-state index contributed by atoms with van der Waals surface area (Å²) in [7, 11) is -3.03. The van der Waals surface area contributed by atoms with Crippen molar-refractivity contribution in [3.8, 4) is 0 Å². The van der Waals surface area contributed by atoms with Gasteiger partial charge >= 0.3 is 0 Å². The van der Waals surface area contributed by atoms with Crippen LogP contribution >= 0.6 is 0 Å². The van der Waals surface area contributed by atoms with E-state index in [-0.39, 0.29) is 29.1 Å². The summed E-state index contributed by atoms with van der Waals surface area (Å²) in [4.78, 5) is 22.8. The maximum Gasteiger partial charge on any atom is 0.270 e. The number of amides is 1. The fraction of sp³-hybridized carbons (Fsp3) is 0.667. The molecular weight excluding hydrogens is 346 g/mol. The maximum atomic E-state index is 12.2. The molecule has 2 aliphatic rings. The third-order valence-electron chi connectivity index (χ3n) is 4.27. The van der Waals surface area contributed by atoms with Crippen LogP contribution in [-0.2, 0) is 14.6 Å². The number of carbonyl (C=O) groups is 1. The van der Waals surface area contributed by atoms with Gasteiger partial charge in [-0.15, -0.1) is 0 Å². The van der Waals surface area contributed by atoms with E-state index in [0.29, 0.717) is 18.9 Å². The van der Waals surface area contributed by atoms with Gasteiger partial charge in [-0.3, -0.25) is 9.69 Å². The molecule has 0 spiro atoms. The lowest BCUT2D eigenvalue weighted by molar-refractivity contribution is 0.0398. The number of anilines is 1. The van der Waals surface area contributed by atoms with Gasteiger partial charge < -0.3 is 15.4 Å². The first-order valence-corrected chi connectivity index (χ1v) is 10.2. The van der Waals surface area contributed by atoms with Crippen molar-refractivity contribution in [2.75, 3.05) is 56.2 Å². The lowest BCUT2D eigenvalue weighted by atomic mass is 10.2. The Bertz CT molecular complexity index is 706. The molecule has 2 fully saturated rings. The summed E-state index contributed by atoms with van der Waals surface area (Å²) in [6.07, 6.45) is 1.97. The molecule has 1 amide bonds. The number of nitrogens with zero attached hydrogens (tertiary/aromatic N) is 3. The van der Waals surface area contributed by atoms with Crippen LogP contribution in [0.5, 0.6) is 0 Å². The summed E-state index contributed by atoms with van der Waals surface area (Å²) in [6.45, 7) is 4.85. The molecule has 1 aromatic rings. The normalized spacial score (nSPS) is 23.3. The Labute approximate surface area is 147 Å². The van der Waals surface area contributed by atoms with E-state index < -0.39 is 9.84 Å². The predicted octanol–water partition coefficient (Wildman–Crippen LogP) is -0.862. The lowest BCUT2D eigenvalue weighted by Crippen LogP contribution is -2.39. The molecule has 2 saturated heterocycles. The van der Waals surface area contributed by atoms with Crippen molar-refractivity contribution in [2.24, 2.45) is 0 Å². The van der Waals surface area contributed by atoms with E-state index in [1.54, 1.807) is 0 Å². The summed E-state index contributed by atoms with van der Waals surface area (Å²) in [6, 6.07) is 1.18. The Hall–Kier alpha value is -1.78. The Morgan fingerprint density at radius 2 is 2.16 bits per heavy atom.